The van der Waals surface area contributed by atoms with Crippen LogP contribution in [0.3, 0.4) is 0 Å². The van der Waals surface area contributed by atoms with Gasteiger partial charge in [-0.2, -0.15) is 0 Å². The largest absolute Gasteiger partial charge is 0.493 e. The molecule has 0 spiro atoms. The zero-order valence-corrected chi connectivity index (χ0v) is 20.0. The molecule has 10 heteroatoms. The smallest absolute Gasteiger partial charge is 0.319 e. The van der Waals surface area contributed by atoms with Gasteiger partial charge in [-0.05, 0) is 37.8 Å². The zero-order chi connectivity index (χ0) is 24.1. The Morgan fingerprint density at radius 1 is 1.15 bits per heavy atom. The maximum atomic E-state index is 12.3. The number of hydrogen-bond donors (Lipinski definition) is 3. The second kappa shape index (κ2) is 10.6. The summed E-state index contributed by atoms with van der Waals surface area (Å²) in [6.45, 7) is 4.47. The number of amides is 2. The third kappa shape index (κ3) is 5.04. The molecule has 1 saturated carbocycles. The summed E-state index contributed by atoms with van der Waals surface area (Å²) in [5.74, 6) is 1.97. The molecule has 4 rings (SSSR count). The number of hydrogen-bond acceptors (Lipinski definition) is 6. The van der Waals surface area contributed by atoms with Crippen molar-refractivity contribution in [3.05, 3.63) is 34.9 Å². The van der Waals surface area contributed by atoms with Gasteiger partial charge in [0.15, 0.2) is 11.5 Å². The van der Waals surface area contributed by atoms with E-state index in [9.17, 15) is 4.79 Å². The molecule has 9 nitrogen and oxygen atoms in total. The molecule has 0 aromatic heterocycles. The minimum Gasteiger partial charge on any atom is -0.493 e. The van der Waals surface area contributed by atoms with Gasteiger partial charge in [0.05, 0.1) is 29.1 Å². The van der Waals surface area contributed by atoms with Gasteiger partial charge >= 0.3 is 6.03 Å². The fourth-order valence-electron chi connectivity index (χ4n) is 4.15. The number of urea groups is 1. The third-order valence-corrected chi connectivity index (χ3v) is 6.09. The summed E-state index contributed by atoms with van der Waals surface area (Å²) >= 11 is 6.46. The van der Waals surface area contributed by atoms with Gasteiger partial charge in [-0.15, -0.1) is 0 Å². The summed E-state index contributed by atoms with van der Waals surface area (Å²) < 4.78 is 17.1. The molecular formula is C24H28ClN5O4. The van der Waals surface area contributed by atoms with Crippen LogP contribution < -0.4 is 30.2 Å². The van der Waals surface area contributed by atoms with Gasteiger partial charge in [0.25, 0.3) is 0 Å². The van der Waals surface area contributed by atoms with E-state index in [1.807, 2.05) is 0 Å². The lowest BCUT2D eigenvalue weighted by Crippen LogP contribution is -2.36. The number of carbonyl (C=O) groups is 1. The second-order valence-electron chi connectivity index (χ2n) is 7.96. The highest BCUT2D eigenvalue weighted by atomic mass is 35.5. The molecule has 0 radical (unpaired) electrons. The molecule has 1 aliphatic carbocycles. The molecule has 0 unspecified atom stereocenters. The van der Waals surface area contributed by atoms with Crippen LogP contribution in [0, 0.1) is 0 Å². The number of methoxy groups -OCH3 is 1. The monoisotopic (exact) mass is 485 g/mol. The van der Waals surface area contributed by atoms with Crippen molar-refractivity contribution in [3.63, 3.8) is 0 Å². The summed E-state index contributed by atoms with van der Waals surface area (Å²) in [4.78, 5) is 20.8. The number of fused-ring (bicyclic) bond motifs is 1. The van der Waals surface area contributed by atoms with Crippen molar-refractivity contribution in [1.29, 1.82) is 0 Å². The Balaban J connectivity index is 1.56. The van der Waals surface area contributed by atoms with Crippen LogP contribution in [0.25, 0.3) is 0 Å². The highest BCUT2D eigenvalue weighted by Crippen LogP contribution is 2.47. The van der Waals surface area contributed by atoms with Gasteiger partial charge in [0.1, 0.15) is 19.0 Å². The van der Waals surface area contributed by atoms with Crippen molar-refractivity contribution in [2.24, 2.45) is 9.98 Å². The lowest BCUT2D eigenvalue weighted by atomic mass is 10.1. The van der Waals surface area contributed by atoms with E-state index >= 15 is 0 Å². The Hall–Kier alpha value is -3.46. The highest BCUT2D eigenvalue weighted by molar-refractivity contribution is 6.34. The number of amidine groups is 1. The number of nitrogens with one attached hydrogen (secondary N) is 3. The Labute approximate surface area is 203 Å². The Bertz CT molecular complexity index is 1120. The molecule has 2 aromatic carbocycles. The van der Waals surface area contributed by atoms with Crippen LogP contribution in [0.5, 0.6) is 17.2 Å². The number of halogens is 1. The Kier molecular flexibility index (Phi) is 7.42. The molecule has 180 valence electrons. The predicted octanol–water partition coefficient (Wildman–Crippen LogP) is 5.00. The molecular weight excluding hydrogens is 458 g/mol. The molecule has 0 bridgehead atoms. The Morgan fingerprint density at radius 2 is 1.88 bits per heavy atom. The van der Waals surface area contributed by atoms with Crippen molar-refractivity contribution in [1.82, 2.24) is 5.32 Å². The van der Waals surface area contributed by atoms with E-state index < -0.39 is 0 Å². The van der Waals surface area contributed by atoms with Gasteiger partial charge in [-0.25, -0.2) is 4.79 Å². The number of rotatable bonds is 6. The fourth-order valence-corrected chi connectivity index (χ4v) is 4.37. The highest BCUT2D eigenvalue weighted by Gasteiger charge is 2.27. The first kappa shape index (κ1) is 23.7. The van der Waals surface area contributed by atoms with Gasteiger partial charge in [0.2, 0.25) is 5.75 Å². The SMILES string of the molecule is C=Nc1cc(OC)c2c(c1C(=NC)Nc1ccc(NC(=O)NC3CCCC3)c(Cl)c1)OCCO2. The van der Waals surface area contributed by atoms with E-state index in [0.717, 1.165) is 25.7 Å². The van der Waals surface area contributed by atoms with E-state index in [1.54, 1.807) is 38.4 Å². The molecule has 2 amide bonds. The van der Waals surface area contributed by atoms with Gasteiger partial charge in [-0.1, -0.05) is 24.4 Å². The summed E-state index contributed by atoms with van der Waals surface area (Å²) in [7, 11) is 3.21. The van der Waals surface area contributed by atoms with Crippen molar-refractivity contribution < 1.29 is 19.0 Å². The lowest BCUT2D eigenvalue weighted by molar-refractivity contribution is 0.165. The van der Waals surface area contributed by atoms with E-state index in [2.05, 4.69) is 32.7 Å². The van der Waals surface area contributed by atoms with Gasteiger partial charge in [-0.3, -0.25) is 9.98 Å². The zero-order valence-electron chi connectivity index (χ0n) is 19.2. The predicted molar refractivity (Wildman–Crippen MR) is 135 cm³/mol. The third-order valence-electron chi connectivity index (χ3n) is 5.78. The maximum Gasteiger partial charge on any atom is 0.319 e. The van der Waals surface area contributed by atoms with Crippen LogP contribution in [0.15, 0.2) is 34.3 Å². The fraction of sp³-hybridized carbons (Fsp3) is 0.375. The molecule has 0 atom stereocenters. The summed E-state index contributed by atoms with van der Waals surface area (Å²) in [6.07, 6.45) is 4.30. The first-order valence-electron chi connectivity index (χ1n) is 11.1. The van der Waals surface area contributed by atoms with Crippen LogP contribution in [-0.4, -0.2) is 52.0 Å². The molecule has 34 heavy (non-hydrogen) atoms. The van der Waals surface area contributed by atoms with Crippen LogP contribution in [0.2, 0.25) is 5.02 Å². The number of ether oxygens (including phenoxy) is 3. The van der Waals surface area contributed by atoms with Crippen molar-refractivity contribution in [2.45, 2.75) is 31.7 Å². The number of benzene rings is 2. The van der Waals surface area contributed by atoms with Crippen LogP contribution >= 0.6 is 11.6 Å². The Morgan fingerprint density at radius 3 is 2.53 bits per heavy atom. The quantitative estimate of drug-likeness (QED) is 0.394. The van der Waals surface area contributed by atoms with E-state index in [0.29, 0.717) is 63.9 Å². The maximum absolute atomic E-state index is 12.3. The summed E-state index contributed by atoms with van der Waals surface area (Å²) in [5, 5.41) is 9.46. The normalized spacial score (nSPS) is 15.6. The lowest BCUT2D eigenvalue weighted by Gasteiger charge is -2.25. The molecule has 3 N–H and O–H groups in total. The topological polar surface area (TPSA) is 106 Å². The minimum absolute atomic E-state index is 0.220. The molecule has 0 saturated heterocycles. The summed E-state index contributed by atoms with van der Waals surface area (Å²) in [5.41, 5.74) is 2.32. The minimum atomic E-state index is -0.256. The van der Waals surface area contributed by atoms with Gasteiger partial charge < -0.3 is 30.2 Å². The first-order valence-corrected chi connectivity index (χ1v) is 11.5. The number of anilines is 2. The molecule has 1 aliphatic heterocycles. The standard InChI is InChI=1S/C24H28ClN5O4/c1-26-18-13-19(32-3)21-22(34-11-10-33-21)20(18)23(27-2)28-15-8-9-17(16(25)12-15)30-24(31)29-14-6-4-5-7-14/h8-9,12-14H,1,4-7,10-11H2,2-3H3,(H,27,28)(H2,29,30,31). The van der Waals surface area contributed by atoms with Crippen molar-refractivity contribution in [3.8, 4) is 17.2 Å². The van der Waals surface area contributed by atoms with Crippen LogP contribution in [0.4, 0.5) is 21.9 Å². The average Bonchev–Trinajstić information content (AvgIpc) is 3.36. The molecule has 2 aliphatic rings. The number of carbonyl (C=O) groups excluding carboxylic acids is 1. The van der Waals surface area contributed by atoms with Crippen LogP contribution in [-0.2, 0) is 0 Å². The van der Waals surface area contributed by atoms with Crippen molar-refractivity contribution in [2.75, 3.05) is 38.0 Å². The first-order chi connectivity index (χ1) is 16.5. The van der Waals surface area contributed by atoms with E-state index in [4.69, 9.17) is 25.8 Å². The van der Waals surface area contributed by atoms with E-state index in [1.165, 1.54) is 0 Å². The van der Waals surface area contributed by atoms with Crippen LogP contribution in [0.1, 0.15) is 31.2 Å². The number of nitrogens with zero attached hydrogens (tertiary/aromatic N) is 2. The molecule has 1 fully saturated rings. The second-order valence-corrected chi connectivity index (χ2v) is 8.37. The summed E-state index contributed by atoms with van der Waals surface area (Å²) in [6, 6.07) is 6.95. The molecule has 1 heterocycles. The molecule has 2 aromatic rings. The van der Waals surface area contributed by atoms with Gasteiger partial charge in [0, 0.05) is 24.8 Å². The number of aliphatic imine (C=N–C) groups is 2. The van der Waals surface area contributed by atoms with E-state index in [-0.39, 0.29) is 12.1 Å². The van der Waals surface area contributed by atoms with Crippen molar-refractivity contribution >= 4 is 47.2 Å². The average molecular weight is 486 g/mol.